The van der Waals surface area contributed by atoms with Crippen LogP contribution in [0.3, 0.4) is 0 Å². The molecule has 0 spiro atoms. The molecular weight excluding hydrogens is 304 g/mol. The number of nitrogens with one attached hydrogen (secondary N) is 1. The van der Waals surface area contributed by atoms with Gasteiger partial charge in [-0.2, -0.15) is 10.4 Å². The van der Waals surface area contributed by atoms with Gasteiger partial charge < -0.3 is 5.32 Å². The Morgan fingerprint density at radius 2 is 2.12 bits per heavy atom. The zero-order valence-electron chi connectivity index (χ0n) is 14.6. The fourth-order valence-electron chi connectivity index (χ4n) is 3.98. The number of carbonyl (C=O) groups excluding carboxylic acids is 1. The van der Waals surface area contributed by atoms with Crippen LogP contribution in [0.25, 0.3) is 0 Å². The molecule has 1 amide bonds. The minimum Gasteiger partial charge on any atom is -0.337 e. The van der Waals surface area contributed by atoms with Crippen LogP contribution in [-0.4, -0.2) is 50.2 Å². The number of aryl methyl sites for hydroxylation is 2. The predicted molar refractivity (Wildman–Crippen MR) is 89.0 cm³/mol. The van der Waals surface area contributed by atoms with Gasteiger partial charge in [-0.15, -0.1) is 0 Å². The van der Waals surface area contributed by atoms with Crippen LogP contribution in [0.15, 0.2) is 0 Å². The van der Waals surface area contributed by atoms with E-state index in [1.807, 2.05) is 18.5 Å². The Morgan fingerprint density at radius 3 is 2.75 bits per heavy atom. The van der Waals surface area contributed by atoms with Gasteiger partial charge in [0.2, 0.25) is 5.91 Å². The van der Waals surface area contributed by atoms with E-state index in [0.717, 1.165) is 63.3 Å². The molecule has 24 heavy (non-hydrogen) atoms. The Hall–Kier alpha value is -1.94. The highest BCUT2D eigenvalue weighted by Gasteiger charge is 2.36. The summed E-state index contributed by atoms with van der Waals surface area (Å²) in [7, 11) is 0. The maximum Gasteiger partial charge on any atom is 0.235 e. The summed E-state index contributed by atoms with van der Waals surface area (Å²) in [6.45, 7) is 5.91. The van der Waals surface area contributed by atoms with E-state index < -0.39 is 5.54 Å². The molecule has 0 aromatic carbocycles. The van der Waals surface area contributed by atoms with Gasteiger partial charge in [-0.05, 0) is 58.9 Å². The van der Waals surface area contributed by atoms with Crippen LogP contribution in [-0.2, 0) is 11.3 Å². The van der Waals surface area contributed by atoms with Crippen LogP contribution in [0.2, 0.25) is 0 Å². The van der Waals surface area contributed by atoms with Crippen molar-refractivity contribution in [3.05, 3.63) is 11.6 Å². The number of carbonyl (C=O) groups is 1. The number of amides is 1. The molecule has 0 radical (unpaired) electrons. The van der Waals surface area contributed by atoms with E-state index >= 15 is 0 Å². The molecule has 130 valence electrons. The molecule has 7 heteroatoms. The third-order valence-corrected chi connectivity index (χ3v) is 5.24. The van der Waals surface area contributed by atoms with E-state index in [4.69, 9.17) is 0 Å². The summed E-state index contributed by atoms with van der Waals surface area (Å²) < 4.78 is 1.93. The molecule has 2 heterocycles. The van der Waals surface area contributed by atoms with Gasteiger partial charge in [0.25, 0.3) is 0 Å². The van der Waals surface area contributed by atoms with Crippen molar-refractivity contribution in [1.29, 1.82) is 5.26 Å². The van der Waals surface area contributed by atoms with Gasteiger partial charge in [0, 0.05) is 6.04 Å². The summed E-state index contributed by atoms with van der Waals surface area (Å²) in [5, 5.41) is 16.8. The number of aromatic nitrogens is 3. The van der Waals surface area contributed by atoms with E-state index in [1.54, 1.807) is 0 Å². The van der Waals surface area contributed by atoms with Crippen molar-refractivity contribution < 1.29 is 4.79 Å². The van der Waals surface area contributed by atoms with Crippen molar-refractivity contribution in [1.82, 2.24) is 25.0 Å². The molecule has 0 bridgehead atoms. The predicted octanol–water partition coefficient (Wildman–Crippen LogP) is 1.31. The smallest absolute Gasteiger partial charge is 0.235 e. The highest BCUT2D eigenvalue weighted by Crippen LogP contribution is 2.29. The van der Waals surface area contributed by atoms with Crippen LogP contribution in [0, 0.1) is 25.2 Å². The molecular formula is C17H26N6O. The molecule has 1 N–H and O–H groups in total. The highest BCUT2D eigenvalue weighted by molar-refractivity contribution is 5.79. The standard InChI is InChI=1S/C17H26N6O/c1-13-19-14(2)23(21-13)10-15-6-5-9-22(15)11-16(24)20-17(12-18)7-3-4-8-17/h15H,3-11H2,1-2H3,(H,20,24)/t15-/m1/s1. The van der Waals surface area contributed by atoms with Crippen LogP contribution in [0.4, 0.5) is 0 Å². The highest BCUT2D eigenvalue weighted by atomic mass is 16.2. The fraction of sp³-hybridized carbons (Fsp3) is 0.765. The maximum atomic E-state index is 12.4. The summed E-state index contributed by atoms with van der Waals surface area (Å²) in [6, 6.07) is 2.62. The lowest BCUT2D eigenvalue weighted by Crippen LogP contribution is -2.50. The second-order valence-corrected chi connectivity index (χ2v) is 7.10. The lowest BCUT2D eigenvalue weighted by Gasteiger charge is -2.27. The minimum atomic E-state index is -0.633. The second-order valence-electron chi connectivity index (χ2n) is 7.10. The zero-order chi connectivity index (χ0) is 17.2. The summed E-state index contributed by atoms with van der Waals surface area (Å²) in [5.74, 6) is 1.67. The number of rotatable bonds is 5. The van der Waals surface area contributed by atoms with Gasteiger partial charge in [0.1, 0.15) is 17.2 Å². The Kier molecular flexibility index (Phi) is 4.86. The third-order valence-electron chi connectivity index (χ3n) is 5.24. The summed E-state index contributed by atoms with van der Waals surface area (Å²) in [4.78, 5) is 19.0. The van der Waals surface area contributed by atoms with E-state index in [-0.39, 0.29) is 5.91 Å². The zero-order valence-corrected chi connectivity index (χ0v) is 14.6. The Morgan fingerprint density at radius 1 is 1.38 bits per heavy atom. The quantitative estimate of drug-likeness (QED) is 0.879. The van der Waals surface area contributed by atoms with Crippen molar-refractivity contribution in [3.63, 3.8) is 0 Å². The average Bonchev–Trinajstić information content (AvgIpc) is 3.23. The first-order chi connectivity index (χ1) is 11.5. The van der Waals surface area contributed by atoms with Gasteiger partial charge in [-0.1, -0.05) is 0 Å². The lowest BCUT2D eigenvalue weighted by atomic mass is 10.00. The lowest BCUT2D eigenvalue weighted by molar-refractivity contribution is -0.123. The molecule has 1 aliphatic heterocycles. The van der Waals surface area contributed by atoms with E-state index in [2.05, 4.69) is 26.4 Å². The van der Waals surface area contributed by atoms with Crippen molar-refractivity contribution in [2.45, 2.75) is 70.5 Å². The van der Waals surface area contributed by atoms with E-state index in [1.165, 1.54) is 0 Å². The summed E-state index contributed by atoms with van der Waals surface area (Å²) in [6.07, 6.45) is 5.74. The number of nitrogens with zero attached hydrogens (tertiary/aromatic N) is 5. The molecule has 2 aliphatic rings. The summed E-state index contributed by atoms with van der Waals surface area (Å²) in [5.41, 5.74) is -0.633. The third kappa shape index (κ3) is 3.59. The van der Waals surface area contributed by atoms with Crippen molar-refractivity contribution in [3.8, 4) is 6.07 Å². The molecule has 1 aliphatic carbocycles. The summed E-state index contributed by atoms with van der Waals surface area (Å²) >= 11 is 0. The molecule has 1 atom stereocenters. The molecule has 7 nitrogen and oxygen atoms in total. The number of hydrogen-bond acceptors (Lipinski definition) is 5. The van der Waals surface area contributed by atoms with Gasteiger partial charge in [0.15, 0.2) is 0 Å². The van der Waals surface area contributed by atoms with Gasteiger partial charge in [0.05, 0.1) is 19.2 Å². The molecule has 0 unspecified atom stereocenters. The topological polar surface area (TPSA) is 86.8 Å². The largest absolute Gasteiger partial charge is 0.337 e. The van der Waals surface area contributed by atoms with E-state index in [9.17, 15) is 10.1 Å². The first-order valence-corrected chi connectivity index (χ1v) is 8.86. The van der Waals surface area contributed by atoms with Gasteiger partial charge in [-0.3, -0.25) is 9.69 Å². The Labute approximate surface area is 143 Å². The number of nitriles is 1. The van der Waals surface area contributed by atoms with Gasteiger partial charge >= 0.3 is 0 Å². The molecule has 1 saturated carbocycles. The number of hydrogen-bond donors (Lipinski definition) is 1. The van der Waals surface area contributed by atoms with Crippen LogP contribution in [0.1, 0.15) is 50.2 Å². The maximum absolute atomic E-state index is 12.4. The van der Waals surface area contributed by atoms with E-state index in [0.29, 0.717) is 12.6 Å². The molecule has 1 aromatic rings. The normalized spacial score (nSPS) is 23.3. The second kappa shape index (κ2) is 6.89. The van der Waals surface area contributed by atoms with Crippen molar-refractivity contribution in [2.24, 2.45) is 0 Å². The Balaban J connectivity index is 1.58. The minimum absolute atomic E-state index is 0.0307. The van der Waals surface area contributed by atoms with Crippen LogP contribution < -0.4 is 5.32 Å². The first-order valence-electron chi connectivity index (χ1n) is 8.86. The molecule has 2 fully saturated rings. The Bertz CT molecular complexity index is 640. The SMILES string of the molecule is Cc1nc(C)n(C[C@H]2CCCN2CC(=O)NC2(C#N)CCCC2)n1. The first kappa shape index (κ1) is 16.9. The van der Waals surface area contributed by atoms with Crippen LogP contribution >= 0.6 is 0 Å². The van der Waals surface area contributed by atoms with Gasteiger partial charge in [-0.25, -0.2) is 9.67 Å². The molecule has 1 saturated heterocycles. The number of likely N-dealkylation sites (tertiary alicyclic amines) is 1. The molecule has 3 rings (SSSR count). The average molecular weight is 330 g/mol. The molecule has 1 aromatic heterocycles. The van der Waals surface area contributed by atoms with Crippen molar-refractivity contribution >= 4 is 5.91 Å². The monoisotopic (exact) mass is 330 g/mol. The van der Waals surface area contributed by atoms with Crippen molar-refractivity contribution in [2.75, 3.05) is 13.1 Å². The van der Waals surface area contributed by atoms with Crippen LogP contribution in [0.5, 0.6) is 0 Å². The fourth-order valence-corrected chi connectivity index (χ4v) is 3.98.